The summed E-state index contributed by atoms with van der Waals surface area (Å²) >= 11 is 0. The smallest absolute Gasteiger partial charge is 0.242 e. The molecule has 7 heteroatoms. The molecule has 0 radical (unpaired) electrons. The van der Waals surface area contributed by atoms with E-state index in [1.165, 1.54) is 18.3 Å². The van der Waals surface area contributed by atoms with Gasteiger partial charge in [0.15, 0.2) is 0 Å². The fraction of sp³-hybridized carbons (Fsp3) is 0.353. The van der Waals surface area contributed by atoms with Gasteiger partial charge in [0.05, 0.1) is 0 Å². The van der Waals surface area contributed by atoms with Crippen LogP contribution in [0, 0.1) is 18.7 Å². The Morgan fingerprint density at radius 3 is 2.67 bits per heavy atom. The molecule has 2 aromatic rings. The predicted molar refractivity (Wildman–Crippen MR) is 90.6 cm³/mol. The highest BCUT2D eigenvalue weighted by Gasteiger charge is 2.24. The lowest BCUT2D eigenvalue weighted by atomic mass is 10.1. The molecule has 0 aliphatic heterocycles. The summed E-state index contributed by atoms with van der Waals surface area (Å²) in [6, 6.07) is 8.06. The topological polar surface area (TPSA) is 71.1 Å². The van der Waals surface area contributed by atoms with Crippen LogP contribution in [0.15, 0.2) is 41.4 Å². The van der Waals surface area contributed by atoms with Crippen LogP contribution in [0.1, 0.15) is 24.0 Å². The van der Waals surface area contributed by atoms with E-state index in [-0.39, 0.29) is 10.7 Å². The monoisotopic (exact) mass is 349 g/mol. The molecular formula is C17H20FN3O2S. The number of aromatic nitrogens is 1. The number of aryl methyl sites for hydroxylation is 1. The lowest BCUT2D eigenvalue weighted by molar-refractivity contribution is 0.577. The number of hydrogen-bond acceptors (Lipinski definition) is 4. The van der Waals surface area contributed by atoms with Crippen LogP contribution in [0.2, 0.25) is 0 Å². The quantitative estimate of drug-likeness (QED) is 0.806. The number of hydrogen-bond donors (Lipinski definition) is 2. The van der Waals surface area contributed by atoms with Crippen molar-refractivity contribution in [3.63, 3.8) is 0 Å². The Morgan fingerprint density at radius 1 is 1.25 bits per heavy atom. The highest BCUT2D eigenvalue weighted by atomic mass is 32.2. The van der Waals surface area contributed by atoms with Crippen LogP contribution in [0.3, 0.4) is 0 Å². The first-order valence-electron chi connectivity index (χ1n) is 7.89. The van der Waals surface area contributed by atoms with E-state index in [9.17, 15) is 12.8 Å². The molecule has 1 aromatic heterocycles. The van der Waals surface area contributed by atoms with Gasteiger partial charge in [-0.1, -0.05) is 12.1 Å². The lowest BCUT2D eigenvalue weighted by Crippen LogP contribution is -2.25. The van der Waals surface area contributed by atoms with E-state index in [1.807, 2.05) is 0 Å². The van der Waals surface area contributed by atoms with Crippen LogP contribution in [0.4, 0.5) is 10.2 Å². The zero-order valence-electron chi connectivity index (χ0n) is 13.4. The molecule has 24 heavy (non-hydrogen) atoms. The molecule has 0 bridgehead atoms. The molecule has 128 valence electrons. The normalized spacial score (nSPS) is 14.6. The van der Waals surface area contributed by atoms with Crippen LogP contribution in [-0.2, 0) is 16.6 Å². The van der Waals surface area contributed by atoms with Gasteiger partial charge in [0, 0.05) is 19.3 Å². The number of anilines is 1. The number of halogens is 1. The molecule has 1 aliphatic rings. The Kier molecular flexibility index (Phi) is 4.82. The fourth-order valence-electron chi connectivity index (χ4n) is 2.29. The maximum Gasteiger partial charge on any atom is 0.242 e. The van der Waals surface area contributed by atoms with Gasteiger partial charge in [0.2, 0.25) is 10.0 Å². The van der Waals surface area contributed by atoms with Crippen LogP contribution < -0.4 is 10.0 Å². The Balaban J connectivity index is 1.60. The second kappa shape index (κ2) is 6.86. The first-order chi connectivity index (χ1) is 11.4. The molecular weight excluding hydrogens is 329 g/mol. The van der Waals surface area contributed by atoms with E-state index in [1.54, 1.807) is 25.1 Å². The van der Waals surface area contributed by atoms with E-state index in [0.29, 0.717) is 30.4 Å². The molecule has 2 N–H and O–H groups in total. The van der Waals surface area contributed by atoms with Crippen molar-refractivity contribution in [2.24, 2.45) is 5.92 Å². The minimum absolute atomic E-state index is 0.159. The van der Waals surface area contributed by atoms with Gasteiger partial charge in [-0.2, -0.15) is 0 Å². The molecule has 0 atom stereocenters. The third-order valence-corrected chi connectivity index (χ3v) is 5.41. The van der Waals surface area contributed by atoms with Gasteiger partial charge >= 0.3 is 0 Å². The second-order valence-corrected chi connectivity index (χ2v) is 7.88. The standard InChI is InChI=1S/C17H20FN3O2S/c1-12-8-14(4-6-16(12)18)9-19-17-7-5-15(11-20-17)24(22,23)21-10-13-2-3-13/h4-8,11,13,21H,2-3,9-10H2,1H3,(H,19,20). The minimum Gasteiger partial charge on any atom is -0.366 e. The van der Waals surface area contributed by atoms with Crippen molar-refractivity contribution in [1.82, 2.24) is 9.71 Å². The number of pyridine rings is 1. The van der Waals surface area contributed by atoms with E-state index < -0.39 is 10.0 Å². The molecule has 5 nitrogen and oxygen atoms in total. The summed E-state index contributed by atoms with van der Waals surface area (Å²) in [5.74, 6) is 0.816. The summed E-state index contributed by atoms with van der Waals surface area (Å²) < 4.78 is 40.1. The Labute approximate surface area is 141 Å². The van der Waals surface area contributed by atoms with E-state index in [2.05, 4.69) is 15.0 Å². The van der Waals surface area contributed by atoms with Crippen LogP contribution in [0.25, 0.3) is 0 Å². The molecule has 0 amide bonds. The number of nitrogens with one attached hydrogen (secondary N) is 2. The van der Waals surface area contributed by atoms with E-state index in [0.717, 1.165) is 18.4 Å². The minimum atomic E-state index is -3.49. The molecule has 3 rings (SSSR count). The van der Waals surface area contributed by atoms with Crippen molar-refractivity contribution in [3.8, 4) is 0 Å². The van der Waals surface area contributed by atoms with Gasteiger partial charge in [-0.3, -0.25) is 0 Å². The molecule has 1 fully saturated rings. The predicted octanol–water partition coefficient (Wildman–Crippen LogP) is 2.83. The summed E-state index contributed by atoms with van der Waals surface area (Å²) in [5.41, 5.74) is 1.52. The van der Waals surface area contributed by atoms with Crippen molar-refractivity contribution in [2.75, 3.05) is 11.9 Å². The first kappa shape index (κ1) is 16.9. The maximum atomic E-state index is 13.2. The number of benzene rings is 1. The Bertz CT molecular complexity index is 818. The average Bonchev–Trinajstić information content (AvgIpc) is 3.39. The van der Waals surface area contributed by atoms with Gasteiger partial charge in [0.1, 0.15) is 16.5 Å². The first-order valence-corrected chi connectivity index (χ1v) is 9.37. The van der Waals surface area contributed by atoms with Crippen LogP contribution >= 0.6 is 0 Å². The number of rotatable bonds is 7. The van der Waals surface area contributed by atoms with Crippen molar-refractivity contribution < 1.29 is 12.8 Å². The van der Waals surface area contributed by atoms with E-state index >= 15 is 0 Å². The molecule has 1 aromatic carbocycles. The van der Waals surface area contributed by atoms with Crippen molar-refractivity contribution >= 4 is 15.8 Å². The fourth-order valence-corrected chi connectivity index (χ4v) is 3.35. The van der Waals surface area contributed by atoms with E-state index in [4.69, 9.17) is 0 Å². The second-order valence-electron chi connectivity index (χ2n) is 6.11. The summed E-state index contributed by atoms with van der Waals surface area (Å²) in [6.07, 6.45) is 3.52. The zero-order valence-corrected chi connectivity index (χ0v) is 14.2. The largest absolute Gasteiger partial charge is 0.366 e. The van der Waals surface area contributed by atoms with Crippen LogP contribution in [-0.4, -0.2) is 19.9 Å². The molecule has 0 spiro atoms. The van der Waals surface area contributed by atoms with Gasteiger partial charge < -0.3 is 5.32 Å². The van der Waals surface area contributed by atoms with Gasteiger partial charge in [-0.05, 0) is 55.0 Å². The molecule has 0 saturated heterocycles. The average molecular weight is 349 g/mol. The Hall–Kier alpha value is -1.99. The van der Waals surface area contributed by atoms with Gasteiger partial charge in [-0.25, -0.2) is 22.5 Å². The molecule has 1 saturated carbocycles. The molecule has 1 heterocycles. The SMILES string of the molecule is Cc1cc(CNc2ccc(S(=O)(=O)NCC3CC3)cn2)ccc1F. The highest BCUT2D eigenvalue weighted by molar-refractivity contribution is 7.89. The number of nitrogens with zero attached hydrogens (tertiary/aromatic N) is 1. The zero-order chi connectivity index (χ0) is 17.2. The molecule has 0 unspecified atom stereocenters. The summed E-state index contributed by atoms with van der Waals surface area (Å²) in [4.78, 5) is 4.30. The van der Waals surface area contributed by atoms with Gasteiger partial charge in [-0.15, -0.1) is 0 Å². The van der Waals surface area contributed by atoms with Crippen molar-refractivity contribution in [2.45, 2.75) is 31.2 Å². The lowest BCUT2D eigenvalue weighted by Gasteiger charge is -2.09. The summed E-state index contributed by atoms with van der Waals surface area (Å²) in [6.45, 7) is 2.69. The molecule has 1 aliphatic carbocycles. The number of sulfonamides is 1. The third kappa shape index (κ3) is 4.30. The maximum absolute atomic E-state index is 13.2. The Morgan fingerprint density at radius 2 is 2.04 bits per heavy atom. The van der Waals surface area contributed by atoms with Gasteiger partial charge in [0.25, 0.3) is 0 Å². The summed E-state index contributed by atoms with van der Waals surface area (Å²) in [7, 11) is -3.49. The van der Waals surface area contributed by atoms with Crippen molar-refractivity contribution in [3.05, 3.63) is 53.5 Å². The van der Waals surface area contributed by atoms with Crippen molar-refractivity contribution in [1.29, 1.82) is 0 Å². The summed E-state index contributed by atoms with van der Waals surface area (Å²) in [5, 5.41) is 3.10. The highest BCUT2D eigenvalue weighted by Crippen LogP contribution is 2.28. The van der Waals surface area contributed by atoms with Crippen LogP contribution in [0.5, 0.6) is 0 Å². The third-order valence-electron chi connectivity index (χ3n) is 4.00.